The number of aromatic nitrogens is 2. The van der Waals surface area contributed by atoms with Crippen molar-refractivity contribution in [3.8, 4) is 5.75 Å². The van der Waals surface area contributed by atoms with Gasteiger partial charge in [-0.2, -0.15) is 0 Å². The topological polar surface area (TPSA) is 81.2 Å². The summed E-state index contributed by atoms with van der Waals surface area (Å²) < 4.78 is 32.6. The molecule has 114 valence electrons. The maximum Gasteiger partial charge on any atom is 0.263 e. The van der Waals surface area contributed by atoms with Gasteiger partial charge in [-0.15, -0.1) is 10.2 Å². The first-order valence-corrected chi connectivity index (χ1v) is 9.25. The van der Waals surface area contributed by atoms with E-state index in [1.54, 1.807) is 12.1 Å². The van der Waals surface area contributed by atoms with Gasteiger partial charge in [0.25, 0.3) is 10.0 Å². The molecule has 0 fully saturated rings. The molecule has 0 atom stereocenters. The lowest BCUT2D eigenvalue weighted by molar-refractivity contribution is 0.414. The number of methoxy groups -OCH3 is 1. The van der Waals surface area contributed by atoms with Crippen LogP contribution in [0.5, 0.6) is 5.75 Å². The van der Waals surface area contributed by atoms with Crippen molar-refractivity contribution < 1.29 is 13.2 Å². The highest BCUT2D eigenvalue weighted by atomic mass is 32.2. The Hall–Kier alpha value is -1.32. The lowest BCUT2D eigenvalue weighted by Crippen LogP contribution is -2.12. The van der Waals surface area contributed by atoms with Gasteiger partial charge in [-0.3, -0.25) is 4.72 Å². The number of ether oxygens (including phenoxy) is 1. The monoisotopic (exact) mass is 345 g/mol. The molecule has 6 nitrogen and oxygen atoms in total. The molecule has 1 aromatic carbocycles. The summed E-state index contributed by atoms with van der Waals surface area (Å²) in [5.41, 5.74) is 0. The Morgan fingerprint density at radius 1 is 1.24 bits per heavy atom. The molecule has 9 heteroatoms. The van der Waals surface area contributed by atoms with Crippen LogP contribution in [0.25, 0.3) is 0 Å². The first kappa shape index (κ1) is 16.1. The second-order valence-electron chi connectivity index (χ2n) is 4.32. The van der Waals surface area contributed by atoms with Crippen LogP contribution in [0.1, 0.15) is 13.8 Å². The molecule has 0 saturated heterocycles. The summed E-state index contributed by atoms with van der Waals surface area (Å²) in [4.78, 5) is 0.150. The summed E-state index contributed by atoms with van der Waals surface area (Å²) in [7, 11) is -2.14. The Labute approximate surface area is 132 Å². The Morgan fingerprint density at radius 3 is 2.48 bits per heavy atom. The smallest absolute Gasteiger partial charge is 0.263 e. The third-order valence-electron chi connectivity index (χ3n) is 2.33. The number of nitrogens with one attached hydrogen (secondary N) is 1. The quantitative estimate of drug-likeness (QED) is 0.811. The van der Waals surface area contributed by atoms with E-state index in [1.807, 2.05) is 13.8 Å². The standard InChI is InChI=1S/C12H15N3O3S3/c1-8(2)19-12-14-13-11(20-12)15-21(16,17)10-6-4-9(18-3)5-7-10/h4-8H,1-3H3,(H,13,15). The van der Waals surface area contributed by atoms with Gasteiger partial charge < -0.3 is 4.74 Å². The molecule has 1 N–H and O–H groups in total. The second-order valence-corrected chi connectivity index (χ2v) is 8.80. The Balaban J connectivity index is 2.14. The van der Waals surface area contributed by atoms with Gasteiger partial charge in [0.05, 0.1) is 12.0 Å². The van der Waals surface area contributed by atoms with Crippen LogP contribution in [-0.2, 0) is 10.0 Å². The molecule has 0 aliphatic carbocycles. The number of rotatable bonds is 6. The molecule has 0 bridgehead atoms. The molecule has 2 aromatic rings. The number of anilines is 1. The van der Waals surface area contributed by atoms with Gasteiger partial charge in [-0.25, -0.2) is 8.42 Å². The SMILES string of the molecule is COc1ccc(S(=O)(=O)Nc2nnc(SC(C)C)s2)cc1. The van der Waals surface area contributed by atoms with Crippen molar-refractivity contribution in [2.24, 2.45) is 0 Å². The Kier molecular flexibility index (Phi) is 5.07. The van der Waals surface area contributed by atoms with Gasteiger partial charge in [0.15, 0.2) is 4.34 Å². The summed E-state index contributed by atoms with van der Waals surface area (Å²) in [5, 5.41) is 8.42. The molecule has 21 heavy (non-hydrogen) atoms. The molecule has 0 saturated carbocycles. The molecule has 0 aliphatic heterocycles. The van der Waals surface area contributed by atoms with Crippen LogP contribution >= 0.6 is 23.1 Å². The molecule has 2 rings (SSSR count). The molecule has 1 heterocycles. The zero-order chi connectivity index (χ0) is 15.5. The molecule has 0 radical (unpaired) electrons. The third kappa shape index (κ3) is 4.32. The van der Waals surface area contributed by atoms with E-state index in [0.29, 0.717) is 11.0 Å². The largest absolute Gasteiger partial charge is 0.497 e. The van der Waals surface area contributed by atoms with E-state index in [-0.39, 0.29) is 10.0 Å². The fraction of sp³-hybridized carbons (Fsp3) is 0.333. The molecule has 0 unspecified atom stereocenters. The van der Waals surface area contributed by atoms with Crippen molar-refractivity contribution >= 4 is 38.3 Å². The highest BCUT2D eigenvalue weighted by Crippen LogP contribution is 2.29. The minimum atomic E-state index is -3.66. The third-order valence-corrected chi connectivity index (χ3v) is 5.75. The molecule has 0 aliphatic rings. The van der Waals surface area contributed by atoms with E-state index in [4.69, 9.17) is 4.74 Å². The lowest BCUT2D eigenvalue weighted by atomic mass is 10.3. The van der Waals surface area contributed by atoms with Crippen LogP contribution < -0.4 is 9.46 Å². The summed E-state index contributed by atoms with van der Waals surface area (Å²) >= 11 is 2.76. The van der Waals surface area contributed by atoms with E-state index >= 15 is 0 Å². The van der Waals surface area contributed by atoms with Gasteiger partial charge >= 0.3 is 0 Å². The van der Waals surface area contributed by atoms with Gasteiger partial charge in [0, 0.05) is 5.25 Å². The predicted octanol–water partition coefficient (Wildman–Crippen LogP) is 2.85. The van der Waals surface area contributed by atoms with E-state index in [9.17, 15) is 8.42 Å². The first-order chi connectivity index (χ1) is 9.90. The van der Waals surface area contributed by atoms with Crippen molar-refractivity contribution in [3.05, 3.63) is 24.3 Å². The maximum absolute atomic E-state index is 12.2. The zero-order valence-electron chi connectivity index (χ0n) is 11.7. The molecular formula is C12H15N3O3S3. The average Bonchev–Trinajstić information content (AvgIpc) is 2.84. The Bertz CT molecular complexity index is 696. The van der Waals surface area contributed by atoms with Crippen LogP contribution in [0, 0.1) is 0 Å². The minimum Gasteiger partial charge on any atom is -0.497 e. The van der Waals surface area contributed by atoms with Crippen LogP contribution in [0.2, 0.25) is 0 Å². The highest BCUT2D eigenvalue weighted by molar-refractivity contribution is 8.01. The van der Waals surface area contributed by atoms with Crippen molar-refractivity contribution in [2.75, 3.05) is 11.8 Å². The minimum absolute atomic E-state index is 0.150. The zero-order valence-corrected chi connectivity index (χ0v) is 14.2. The van der Waals surface area contributed by atoms with E-state index < -0.39 is 10.0 Å². The van der Waals surface area contributed by atoms with Crippen molar-refractivity contribution in [3.63, 3.8) is 0 Å². The number of hydrogen-bond acceptors (Lipinski definition) is 7. The van der Waals surface area contributed by atoms with Crippen molar-refractivity contribution in [1.29, 1.82) is 0 Å². The highest BCUT2D eigenvalue weighted by Gasteiger charge is 2.17. The fourth-order valence-corrected chi connectivity index (χ4v) is 4.63. The summed E-state index contributed by atoms with van der Waals surface area (Å²) in [6, 6.07) is 6.14. The van der Waals surface area contributed by atoms with Crippen LogP contribution in [0.4, 0.5) is 5.13 Å². The summed E-state index contributed by atoms with van der Waals surface area (Å²) in [6.07, 6.45) is 0. The maximum atomic E-state index is 12.2. The number of benzene rings is 1. The number of hydrogen-bond donors (Lipinski definition) is 1. The molecular weight excluding hydrogens is 330 g/mol. The normalized spacial score (nSPS) is 11.6. The first-order valence-electron chi connectivity index (χ1n) is 6.08. The molecule has 0 amide bonds. The van der Waals surface area contributed by atoms with Gasteiger partial charge in [-0.05, 0) is 24.3 Å². The Morgan fingerprint density at radius 2 is 1.90 bits per heavy atom. The molecule has 1 aromatic heterocycles. The van der Waals surface area contributed by atoms with E-state index in [2.05, 4.69) is 14.9 Å². The number of thioether (sulfide) groups is 1. The van der Waals surface area contributed by atoms with Crippen LogP contribution in [0.3, 0.4) is 0 Å². The summed E-state index contributed by atoms with van der Waals surface area (Å²) in [5.74, 6) is 0.598. The molecule has 0 spiro atoms. The van der Waals surface area contributed by atoms with Gasteiger partial charge in [-0.1, -0.05) is 36.9 Å². The summed E-state index contributed by atoms with van der Waals surface area (Å²) in [6.45, 7) is 4.07. The van der Waals surface area contributed by atoms with Gasteiger partial charge in [0.2, 0.25) is 5.13 Å². The van der Waals surface area contributed by atoms with Crippen LogP contribution in [0.15, 0.2) is 33.5 Å². The number of sulfonamides is 1. The fourth-order valence-electron chi connectivity index (χ4n) is 1.43. The average molecular weight is 345 g/mol. The number of nitrogens with zero attached hydrogens (tertiary/aromatic N) is 2. The van der Waals surface area contributed by atoms with Crippen molar-refractivity contribution in [2.45, 2.75) is 28.3 Å². The second kappa shape index (κ2) is 6.63. The van der Waals surface area contributed by atoms with Gasteiger partial charge in [0.1, 0.15) is 5.75 Å². The lowest BCUT2D eigenvalue weighted by Gasteiger charge is -2.05. The van der Waals surface area contributed by atoms with Crippen LogP contribution in [-0.4, -0.2) is 31.0 Å². The predicted molar refractivity (Wildman–Crippen MR) is 84.7 cm³/mol. The van der Waals surface area contributed by atoms with E-state index in [1.165, 1.54) is 42.3 Å². The van der Waals surface area contributed by atoms with Crippen molar-refractivity contribution in [1.82, 2.24) is 10.2 Å². The van der Waals surface area contributed by atoms with E-state index in [0.717, 1.165) is 4.34 Å².